The second-order valence-corrected chi connectivity index (χ2v) is 6.23. The molecule has 0 fully saturated rings. The summed E-state index contributed by atoms with van der Waals surface area (Å²) in [6.45, 7) is 4.22. The Morgan fingerprint density at radius 1 is 1.04 bits per heavy atom. The monoisotopic (exact) mass is 342 g/mol. The van der Waals surface area contributed by atoms with E-state index < -0.39 is 0 Å². The van der Waals surface area contributed by atoms with E-state index in [4.69, 9.17) is 4.42 Å². The van der Waals surface area contributed by atoms with Gasteiger partial charge >= 0.3 is 0 Å². The molecule has 2 amide bonds. The van der Waals surface area contributed by atoms with Crippen LogP contribution in [0.3, 0.4) is 0 Å². The Balaban J connectivity index is 1.82. The molecule has 25 heavy (non-hydrogen) atoms. The predicted molar refractivity (Wildman–Crippen MR) is 98.8 cm³/mol. The number of rotatable bonds is 9. The van der Waals surface area contributed by atoms with Crippen molar-refractivity contribution < 1.29 is 14.0 Å². The molecule has 2 rings (SSSR count). The number of unbranched alkanes of at least 4 members (excludes halogenated alkanes) is 3. The Morgan fingerprint density at radius 3 is 2.44 bits per heavy atom. The highest BCUT2D eigenvalue weighted by molar-refractivity contribution is 6.02. The number of anilines is 1. The minimum absolute atomic E-state index is 0.0908. The molecule has 0 saturated heterocycles. The van der Waals surface area contributed by atoms with Crippen LogP contribution in [-0.2, 0) is 0 Å². The number of carbonyl (C=O) groups is 2. The summed E-state index contributed by atoms with van der Waals surface area (Å²) in [4.78, 5) is 24.2. The van der Waals surface area contributed by atoms with E-state index in [2.05, 4.69) is 17.6 Å². The lowest BCUT2D eigenvalue weighted by molar-refractivity contribution is 0.0937. The lowest BCUT2D eigenvalue weighted by Crippen LogP contribution is -2.32. The van der Waals surface area contributed by atoms with Crippen LogP contribution in [0.25, 0.3) is 0 Å². The molecule has 0 radical (unpaired) electrons. The maximum Gasteiger partial charge on any atom is 0.291 e. The average molecular weight is 342 g/mol. The van der Waals surface area contributed by atoms with Gasteiger partial charge < -0.3 is 15.1 Å². The average Bonchev–Trinajstić information content (AvgIpc) is 3.14. The third-order valence-electron chi connectivity index (χ3n) is 4.02. The van der Waals surface area contributed by atoms with E-state index in [9.17, 15) is 9.59 Å². The van der Waals surface area contributed by atoms with Crippen molar-refractivity contribution in [2.45, 2.75) is 52.0 Å². The zero-order valence-corrected chi connectivity index (χ0v) is 14.9. The Kier molecular flexibility index (Phi) is 7.26. The van der Waals surface area contributed by atoms with Crippen molar-refractivity contribution >= 4 is 17.5 Å². The summed E-state index contributed by atoms with van der Waals surface area (Å²) in [5, 5.41) is 5.74. The molecule has 1 unspecified atom stereocenters. The molecular formula is C20H26N2O3. The quantitative estimate of drug-likeness (QED) is 0.653. The predicted octanol–water partition coefficient (Wildman–Crippen LogP) is 4.62. The van der Waals surface area contributed by atoms with Gasteiger partial charge in [-0.3, -0.25) is 9.59 Å². The Bertz CT molecular complexity index is 663. The molecule has 5 nitrogen and oxygen atoms in total. The first-order valence-electron chi connectivity index (χ1n) is 8.86. The minimum atomic E-state index is -0.317. The van der Waals surface area contributed by atoms with Crippen LogP contribution in [0.2, 0.25) is 0 Å². The van der Waals surface area contributed by atoms with Gasteiger partial charge in [-0.2, -0.15) is 0 Å². The Hall–Kier alpha value is -2.56. The van der Waals surface area contributed by atoms with Crippen LogP contribution in [-0.4, -0.2) is 17.9 Å². The summed E-state index contributed by atoms with van der Waals surface area (Å²) in [6, 6.07) is 10.2. The normalized spacial score (nSPS) is 11.8. The molecule has 2 N–H and O–H groups in total. The van der Waals surface area contributed by atoms with Crippen LogP contribution in [0, 0.1) is 0 Å². The fourth-order valence-electron chi connectivity index (χ4n) is 2.56. The van der Waals surface area contributed by atoms with Crippen LogP contribution in [0.1, 0.15) is 66.9 Å². The van der Waals surface area contributed by atoms with Gasteiger partial charge in [0.15, 0.2) is 5.76 Å². The van der Waals surface area contributed by atoms with Crippen molar-refractivity contribution in [2.24, 2.45) is 0 Å². The van der Waals surface area contributed by atoms with Crippen LogP contribution < -0.4 is 10.6 Å². The zero-order chi connectivity index (χ0) is 18.1. The van der Waals surface area contributed by atoms with Crippen LogP contribution in [0.15, 0.2) is 47.1 Å². The zero-order valence-electron chi connectivity index (χ0n) is 14.9. The molecule has 134 valence electrons. The van der Waals surface area contributed by atoms with E-state index in [0.717, 1.165) is 12.8 Å². The number of amides is 2. The molecule has 1 atom stereocenters. The summed E-state index contributed by atoms with van der Waals surface area (Å²) >= 11 is 0. The van der Waals surface area contributed by atoms with Crippen molar-refractivity contribution in [3.63, 3.8) is 0 Å². The summed E-state index contributed by atoms with van der Waals surface area (Å²) < 4.78 is 5.04. The van der Waals surface area contributed by atoms with Crippen molar-refractivity contribution in [2.75, 3.05) is 5.32 Å². The van der Waals surface area contributed by atoms with Gasteiger partial charge in [0.25, 0.3) is 11.8 Å². The fourth-order valence-corrected chi connectivity index (χ4v) is 2.56. The molecule has 1 aromatic carbocycles. The maximum atomic E-state index is 12.3. The second-order valence-electron chi connectivity index (χ2n) is 6.23. The summed E-state index contributed by atoms with van der Waals surface area (Å²) in [7, 11) is 0. The van der Waals surface area contributed by atoms with Gasteiger partial charge in [0.2, 0.25) is 0 Å². The number of carbonyl (C=O) groups excluding carboxylic acids is 2. The van der Waals surface area contributed by atoms with Crippen molar-refractivity contribution in [3.8, 4) is 0 Å². The third-order valence-corrected chi connectivity index (χ3v) is 4.02. The maximum absolute atomic E-state index is 12.3. The van der Waals surface area contributed by atoms with Crippen LogP contribution in [0.5, 0.6) is 0 Å². The lowest BCUT2D eigenvalue weighted by Gasteiger charge is -2.14. The van der Waals surface area contributed by atoms with Gasteiger partial charge in [0.05, 0.1) is 6.26 Å². The highest BCUT2D eigenvalue weighted by Gasteiger charge is 2.11. The van der Waals surface area contributed by atoms with E-state index in [1.165, 1.54) is 25.5 Å². The first-order chi connectivity index (χ1) is 12.1. The van der Waals surface area contributed by atoms with Crippen LogP contribution >= 0.6 is 0 Å². The highest BCUT2D eigenvalue weighted by atomic mass is 16.3. The highest BCUT2D eigenvalue weighted by Crippen LogP contribution is 2.12. The molecule has 1 aromatic heterocycles. The number of hydrogen-bond acceptors (Lipinski definition) is 3. The fraction of sp³-hybridized carbons (Fsp3) is 0.400. The van der Waals surface area contributed by atoms with Gasteiger partial charge in [-0.1, -0.05) is 32.6 Å². The van der Waals surface area contributed by atoms with E-state index in [-0.39, 0.29) is 23.6 Å². The number of furan rings is 1. The Labute approximate surface area is 148 Å². The molecule has 0 aliphatic rings. The molecule has 0 spiro atoms. The van der Waals surface area contributed by atoms with Crippen molar-refractivity contribution in [3.05, 3.63) is 54.0 Å². The van der Waals surface area contributed by atoms with Gasteiger partial charge in [-0.25, -0.2) is 0 Å². The van der Waals surface area contributed by atoms with E-state index >= 15 is 0 Å². The molecule has 5 heteroatoms. The van der Waals surface area contributed by atoms with E-state index in [1.807, 2.05) is 6.92 Å². The third kappa shape index (κ3) is 6.10. The second kappa shape index (κ2) is 9.67. The molecule has 0 aliphatic carbocycles. The van der Waals surface area contributed by atoms with Gasteiger partial charge in [0, 0.05) is 17.3 Å². The lowest BCUT2D eigenvalue weighted by atomic mass is 10.1. The topological polar surface area (TPSA) is 71.3 Å². The first kappa shape index (κ1) is 18.8. The summed E-state index contributed by atoms with van der Waals surface area (Å²) in [5.74, 6) is -0.159. The standard InChI is InChI=1S/C20H26N2O3/c1-3-4-5-6-8-15(2)21-19(23)16-10-12-17(13-11-16)22-20(24)18-9-7-14-25-18/h7,9-15H,3-6,8H2,1-2H3,(H,21,23)(H,22,24). The first-order valence-corrected chi connectivity index (χ1v) is 8.86. The van der Waals surface area contributed by atoms with Crippen LogP contribution in [0.4, 0.5) is 5.69 Å². The van der Waals surface area contributed by atoms with Gasteiger partial charge in [0.1, 0.15) is 0 Å². The SMILES string of the molecule is CCCCCCC(C)NC(=O)c1ccc(NC(=O)c2ccco2)cc1. The summed E-state index contributed by atoms with van der Waals surface area (Å²) in [6.07, 6.45) is 7.23. The molecule has 1 heterocycles. The minimum Gasteiger partial charge on any atom is -0.459 e. The molecule has 0 bridgehead atoms. The van der Waals surface area contributed by atoms with Gasteiger partial charge in [-0.15, -0.1) is 0 Å². The van der Waals surface area contributed by atoms with Gasteiger partial charge in [-0.05, 0) is 49.7 Å². The van der Waals surface area contributed by atoms with Crippen molar-refractivity contribution in [1.29, 1.82) is 0 Å². The molecule has 2 aromatic rings. The van der Waals surface area contributed by atoms with Crippen molar-refractivity contribution in [1.82, 2.24) is 5.32 Å². The summed E-state index contributed by atoms with van der Waals surface area (Å²) in [5.41, 5.74) is 1.20. The number of benzene rings is 1. The number of nitrogens with one attached hydrogen (secondary N) is 2. The molecular weight excluding hydrogens is 316 g/mol. The largest absolute Gasteiger partial charge is 0.459 e. The number of hydrogen-bond donors (Lipinski definition) is 2. The molecule has 0 aliphatic heterocycles. The smallest absolute Gasteiger partial charge is 0.291 e. The molecule has 0 saturated carbocycles. The van der Waals surface area contributed by atoms with E-state index in [0.29, 0.717) is 11.3 Å². The Morgan fingerprint density at radius 2 is 1.80 bits per heavy atom. The van der Waals surface area contributed by atoms with E-state index in [1.54, 1.807) is 36.4 Å².